The van der Waals surface area contributed by atoms with Crippen molar-refractivity contribution in [2.24, 2.45) is 0 Å². The third-order valence-electron chi connectivity index (χ3n) is 4.23. The van der Waals surface area contributed by atoms with Crippen molar-refractivity contribution in [3.63, 3.8) is 0 Å². The molecule has 9 nitrogen and oxygen atoms in total. The van der Waals surface area contributed by atoms with Crippen LogP contribution in [0, 0.1) is 30.9 Å². The molecule has 0 spiro atoms. The molecule has 0 unspecified atom stereocenters. The molecule has 0 bridgehead atoms. The number of aryl methyl sites for hydroxylation is 3. The highest BCUT2D eigenvalue weighted by Gasteiger charge is 2.14. The smallest absolute Gasteiger partial charge is 0.306 e. The lowest BCUT2D eigenvalue weighted by Gasteiger charge is -2.11. The van der Waals surface area contributed by atoms with Crippen molar-refractivity contribution in [1.29, 1.82) is 0 Å². The molecule has 2 aromatic rings. The summed E-state index contributed by atoms with van der Waals surface area (Å²) in [5, 5.41) is 14.1. The molecule has 0 radical (unpaired) electrons. The fraction of sp³-hybridized carbons (Fsp3) is 0.368. The number of carbonyl (C=O) groups excluding carboxylic acids is 2. The fourth-order valence-electron chi connectivity index (χ4n) is 2.65. The number of anilines is 1. The van der Waals surface area contributed by atoms with Crippen LogP contribution in [0.25, 0.3) is 0 Å². The Hall–Kier alpha value is -3.01. The van der Waals surface area contributed by atoms with Crippen LogP contribution in [0.5, 0.6) is 0 Å². The highest BCUT2D eigenvalue weighted by atomic mass is 32.2. The standard InChI is InChI=1S/C19H22N4O5S/c1-11-5-6-14(23(26)27)9-16(11)22-17(24)10-28-18(25)8-7-15-12(2)20-19(29-4)21-13(15)3/h5-6,9H,7-8,10H2,1-4H3,(H,22,24). The maximum atomic E-state index is 12.0. The van der Waals surface area contributed by atoms with Gasteiger partial charge in [-0.05, 0) is 44.6 Å². The first-order valence-electron chi connectivity index (χ1n) is 8.80. The first kappa shape index (κ1) is 22.3. The van der Waals surface area contributed by atoms with Gasteiger partial charge in [-0.3, -0.25) is 19.7 Å². The zero-order chi connectivity index (χ0) is 21.6. The van der Waals surface area contributed by atoms with Gasteiger partial charge in [-0.1, -0.05) is 17.8 Å². The lowest BCUT2D eigenvalue weighted by molar-refractivity contribution is -0.384. The van der Waals surface area contributed by atoms with Crippen LogP contribution in [0.3, 0.4) is 0 Å². The molecule has 1 amide bonds. The van der Waals surface area contributed by atoms with Crippen LogP contribution in [0.15, 0.2) is 23.4 Å². The summed E-state index contributed by atoms with van der Waals surface area (Å²) in [6.07, 6.45) is 2.40. The SMILES string of the molecule is CSc1nc(C)c(CCC(=O)OCC(=O)Nc2cc([N+](=O)[O-])ccc2C)c(C)n1. The van der Waals surface area contributed by atoms with Gasteiger partial charge in [0.15, 0.2) is 11.8 Å². The van der Waals surface area contributed by atoms with Gasteiger partial charge in [0.25, 0.3) is 11.6 Å². The molecule has 0 saturated heterocycles. The quantitative estimate of drug-likeness (QED) is 0.228. The number of nitrogens with one attached hydrogen (secondary N) is 1. The number of thioether (sulfide) groups is 1. The van der Waals surface area contributed by atoms with Gasteiger partial charge in [0.1, 0.15) is 0 Å². The lowest BCUT2D eigenvalue weighted by atomic mass is 10.1. The molecule has 2 rings (SSSR count). The Morgan fingerprint density at radius 1 is 1.21 bits per heavy atom. The zero-order valence-electron chi connectivity index (χ0n) is 16.6. The first-order chi connectivity index (χ1) is 13.7. The molecule has 10 heteroatoms. The Bertz CT molecular complexity index is 925. The number of non-ortho nitro benzene ring substituents is 1. The number of hydrogen-bond donors (Lipinski definition) is 1. The van der Waals surface area contributed by atoms with Crippen LogP contribution in [-0.2, 0) is 20.7 Å². The van der Waals surface area contributed by atoms with E-state index in [1.165, 1.54) is 30.0 Å². The van der Waals surface area contributed by atoms with Crippen molar-refractivity contribution in [2.75, 3.05) is 18.2 Å². The largest absolute Gasteiger partial charge is 0.456 e. The van der Waals surface area contributed by atoms with E-state index in [0.717, 1.165) is 17.0 Å². The van der Waals surface area contributed by atoms with Gasteiger partial charge in [-0.15, -0.1) is 0 Å². The fourth-order valence-corrected chi connectivity index (χ4v) is 3.11. The second-order valence-corrected chi connectivity index (χ2v) is 7.10. The van der Waals surface area contributed by atoms with Crippen LogP contribution in [0.4, 0.5) is 11.4 Å². The summed E-state index contributed by atoms with van der Waals surface area (Å²) in [5.74, 6) is -1.09. The van der Waals surface area contributed by atoms with Crippen LogP contribution >= 0.6 is 11.8 Å². The summed E-state index contributed by atoms with van der Waals surface area (Å²) in [5.41, 5.74) is 3.34. The minimum Gasteiger partial charge on any atom is -0.456 e. The maximum Gasteiger partial charge on any atom is 0.306 e. The van der Waals surface area contributed by atoms with Crippen LogP contribution < -0.4 is 5.32 Å². The van der Waals surface area contributed by atoms with Gasteiger partial charge in [-0.2, -0.15) is 0 Å². The van der Waals surface area contributed by atoms with Crippen LogP contribution in [-0.4, -0.2) is 39.6 Å². The van der Waals surface area contributed by atoms with E-state index >= 15 is 0 Å². The maximum absolute atomic E-state index is 12.0. The first-order valence-corrected chi connectivity index (χ1v) is 10.0. The number of aromatic nitrogens is 2. The Morgan fingerprint density at radius 3 is 2.45 bits per heavy atom. The van der Waals surface area contributed by atoms with Crippen molar-refractivity contribution >= 4 is 35.0 Å². The van der Waals surface area contributed by atoms with Crippen molar-refractivity contribution in [3.8, 4) is 0 Å². The van der Waals surface area contributed by atoms with E-state index in [2.05, 4.69) is 15.3 Å². The molecular formula is C19H22N4O5S. The molecule has 1 aromatic heterocycles. The third kappa shape index (κ3) is 6.24. The number of amides is 1. The van der Waals surface area contributed by atoms with Crippen molar-refractivity contribution in [3.05, 3.63) is 50.8 Å². The highest BCUT2D eigenvalue weighted by molar-refractivity contribution is 7.98. The van der Waals surface area contributed by atoms with Crippen molar-refractivity contribution in [2.45, 2.75) is 38.8 Å². The average Bonchev–Trinajstić information content (AvgIpc) is 2.67. The van der Waals surface area contributed by atoms with Gasteiger partial charge in [0.2, 0.25) is 0 Å². The zero-order valence-corrected chi connectivity index (χ0v) is 17.5. The number of esters is 1. The van der Waals surface area contributed by atoms with Gasteiger partial charge in [0.05, 0.1) is 10.6 Å². The monoisotopic (exact) mass is 418 g/mol. The van der Waals surface area contributed by atoms with Crippen LogP contribution in [0.2, 0.25) is 0 Å². The number of carbonyl (C=O) groups is 2. The Labute approximate surface area is 172 Å². The molecule has 0 saturated carbocycles. The molecule has 1 aromatic carbocycles. The molecule has 0 atom stereocenters. The lowest BCUT2D eigenvalue weighted by Crippen LogP contribution is -2.21. The summed E-state index contributed by atoms with van der Waals surface area (Å²) < 4.78 is 5.01. The third-order valence-corrected chi connectivity index (χ3v) is 4.78. The van der Waals surface area contributed by atoms with Gasteiger partial charge in [0, 0.05) is 29.9 Å². The van der Waals surface area contributed by atoms with Crippen molar-refractivity contribution in [1.82, 2.24) is 9.97 Å². The van der Waals surface area contributed by atoms with E-state index in [9.17, 15) is 19.7 Å². The topological polar surface area (TPSA) is 124 Å². The number of rotatable bonds is 8. The summed E-state index contributed by atoms with van der Waals surface area (Å²) in [7, 11) is 0. The number of ether oxygens (including phenoxy) is 1. The summed E-state index contributed by atoms with van der Waals surface area (Å²) in [4.78, 5) is 43.1. The Balaban J connectivity index is 1.88. The van der Waals surface area contributed by atoms with E-state index in [1.807, 2.05) is 20.1 Å². The van der Waals surface area contributed by atoms with Crippen LogP contribution in [0.1, 0.15) is 28.9 Å². The van der Waals surface area contributed by atoms with E-state index in [0.29, 0.717) is 22.8 Å². The Kier molecular flexibility index (Phi) is 7.66. The molecule has 0 aliphatic carbocycles. The second kappa shape index (κ2) is 9.97. The minimum atomic E-state index is -0.568. The van der Waals surface area contributed by atoms with Gasteiger partial charge in [-0.25, -0.2) is 9.97 Å². The van der Waals surface area contributed by atoms with Gasteiger partial charge < -0.3 is 10.1 Å². The predicted molar refractivity (Wildman–Crippen MR) is 109 cm³/mol. The second-order valence-electron chi connectivity index (χ2n) is 6.32. The Morgan fingerprint density at radius 2 is 1.86 bits per heavy atom. The van der Waals surface area contributed by atoms with E-state index in [4.69, 9.17) is 4.74 Å². The predicted octanol–water partition coefficient (Wildman–Crippen LogP) is 3.15. The van der Waals surface area contributed by atoms with E-state index < -0.39 is 23.4 Å². The number of hydrogen-bond acceptors (Lipinski definition) is 8. The number of nitro groups is 1. The number of nitrogens with zero attached hydrogens (tertiary/aromatic N) is 3. The normalized spacial score (nSPS) is 10.5. The van der Waals surface area contributed by atoms with E-state index in [1.54, 1.807) is 6.92 Å². The number of benzene rings is 1. The van der Waals surface area contributed by atoms with E-state index in [-0.39, 0.29) is 12.1 Å². The minimum absolute atomic E-state index is 0.0901. The van der Waals surface area contributed by atoms with Crippen molar-refractivity contribution < 1.29 is 19.2 Å². The molecular weight excluding hydrogens is 396 g/mol. The molecule has 0 aliphatic rings. The number of nitro benzene ring substituents is 1. The summed E-state index contributed by atoms with van der Waals surface area (Å²) in [6.45, 7) is 4.97. The molecule has 0 fully saturated rings. The molecule has 0 aliphatic heterocycles. The molecule has 154 valence electrons. The molecule has 1 N–H and O–H groups in total. The summed E-state index contributed by atoms with van der Waals surface area (Å²) >= 11 is 1.45. The average molecular weight is 418 g/mol. The summed E-state index contributed by atoms with van der Waals surface area (Å²) in [6, 6.07) is 4.15. The van der Waals surface area contributed by atoms with Gasteiger partial charge >= 0.3 is 5.97 Å². The molecule has 1 heterocycles. The highest BCUT2D eigenvalue weighted by Crippen LogP contribution is 2.22. The molecule has 29 heavy (non-hydrogen) atoms.